The second-order valence-corrected chi connectivity index (χ2v) is 7.29. The topological polar surface area (TPSA) is 88.4 Å². The Kier molecular flexibility index (Phi) is 5.85. The van der Waals surface area contributed by atoms with Crippen LogP contribution in [0, 0.1) is 5.92 Å². The van der Waals surface area contributed by atoms with Gasteiger partial charge < -0.3 is 10.6 Å². The van der Waals surface area contributed by atoms with Crippen LogP contribution >= 0.6 is 15.9 Å². The number of hydrogen-bond acceptors (Lipinski definition) is 4. The normalized spacial score (nSPS) is 12.1. The molecule has 2 N–H and O–H groups in total. The number of carbonyl (C=O) groups excluding carboxylic acids is 2. The molecular weight excluding hydrogens is 410 g/mol. The Morgan fingerprint density at radius 2 is 1.85 bits per heavy atom. The summed E-state index contributed by atoms with van der Waals surface area (Å²) in [6.07, 6.45) is 1.84. The molecule has 2 amide bonds. The maximum Gasteiger partial charge on any atom is 0.253 e. The molecule has 0 spiro atoms. The Balaban J connectivity index is 1.68. The third kappa shape index (κ3) is 4.33. The van der Waals surface area contributed by atoms with Gasteiger partial charge >= 0.3 is 0 Å². The van der Waals surface area contributed by atoms with Gasteiger partial charge in [-0.05, 0) is 46.1 Å². The third-order valence-electron chi connectivity index (χ3n) is 4.16. The molecule has 2 heterocycles. The van der Waals surface area contributed by atoms with Crippen LogP contribution in [0.2, 0.25) is 0 Å². The first-order valence-electron chi connectivity index (χ1n) is 8.59. The lowest BCUT2D eigenvalue weighted by molar-refractivity contribution is -0.124. The van der Waals surface area contributed by atoms with Crippen LogP contribution in [0.4, 0.5) is 0 Å². The minimum absolute atomic E-state index is 0.0772. The fourth-order valence-corrected chi connectivity index (χ4v) is 3.15. The van der Waals surface area contributed by atoms with Gasteiger partial charge in [0.2, 0.25) is 5.91 Å². The molecule has 0 radical (unpaired) electrons. The van der Waals surface area contributed by atoms with E-state index in [9.17, 15) is 9.59 Å². The summed E-state index contributed by atoms with van der Waals surface area (Å²) >= 11 is 3.36. The summed E-state index contributed by atoms with van der Waals surface area (Å²) < 4.78 is 2.49. The minimum Gasteiger partial charge on any atom is -0.347 e. The summed E-state index contributed by atoms with van der Waals surface area (Å²) in [6.45, 7) is 3.99. The van der Waals surface area contributed by atoms with Crippen LogP contribution < -0.4 is 10.6 Å². The van der Waals surface area contributed by atoms with Crippen LogP contribution in [0.25, 0.3) is 5.65 Å². The number of benzene rings is 1. The van der Waals surface area contributed by atoms with Crippen molar-refractivity contribution in [3.05, 3.63) is 64.5 Å². The summed E-state index contributed by atoms with van der Waals surface area (Å²) in [6, 6.07) is 12.0. The van der Waals surface area contributed by atoms with Crippen molar-refractivity contribution in [1.29, 1.82) is 0 Å². The average Bonchev–Trinajstić information content (AvgIpc) is 3.07. The zero-order valence-electron chi connectivity index (χ0n) is 15.0. The largest absolute Gasteiger partial charge is 0.347 e. The van der Waals surface area contributed by atoms with Gasteiger partial charge in [0, 0.05) is 10.7 Å². The second-order valence-electron chi connectivity index (χ2n) is 6.44. The van der Waals surface area contributed by atoms with Crippen molar-refractivity contribution in [2.75, 3.05) is 0 Å². The molecule has 0 aliphatic carbocycles. The number of pyridine rings is 1. The van der Waals surface area contributed by atoms with E-state index in [4.69, 9.17) is 0 Å². The van der Waals surface area contributed by atoms with Gasteiger partial charge in [-0.25, -0.2) is 0 Å². The van der Waals surface area contributed by atoms with E-state index in [2.05, 4.69) is 36.8 Å². The van der Waals surface area contributed by atoms with Crippen LogP contribution in [0.5, 0.6) is 0 Å². The highest BCUT2D eigenvalue weighted by Gasteiger charge is 2.25. The Labute approximate surface area is 165 Å². The standard InChI is InChI=1S/C19H20BrN5O2/c1-12(2)17(22-18(26)13-7-3-4-8-14(13)20)19(27)21-11-16-24-23-15-9-5-6-10-25(15)16/h3-10,12,17H,11H2,1-2H3,(H,21,27)(H,22,26)/t17-/m0/s1. The molecule has 2 aromatic heterocycles. The SMILES string of the molecule is CC(C)[C@H](NC(=O)c1ccccc1Br)C(=O)NCc1nnc2ccccn12. The molecule has 1 atom stereocenters. The zero-order chi connectivity index (χ0) is 19.4. The lowest BCUT2D eigenvalue weighted by Crippen LogP contribution is -2.49. The quantitative estimate of drug-likeness (QED) is 0.629. The van der Waals surface area contributed by atoms with E-state index >= 15 is 0 Å². The fraction of sp³-hybridized carbons (Fsp3) is 0.263. The Hall–Kier alpha value is -2.74. The molecule has 0 saturated carbocycles. The average molecular weight is 430 g/mol. The van der Waals surface area contributed by atoms with Crippen molar-refractivity contribution >= 4 is 33.4 Å². The second kappa shape index (κ2) is 8.30. The Morgan fingerprint density at radius 3 is 2.59 bits per heavy atom. The minimum atomic E-state index is -0.663. The predicted octanol–water partition coefficient (Wildman–Crippen LogP) is 2.56. The van der Waals surface area contributed by atoms with Crippen LogP contribution in [0.3, 0.4) is 0 Å². The van der Waals surface area contributed by atoms with Crippen molar-refractivity contribution in [2.45, 2.75) is 26.4 Å². The lowest BCUT2D eigenvalue weighted by atomic mass is 10.0. The molecule has 8 heteroatoms. The van der Waals surface area contributed by atoms with Crippen molar-refractivity contribution in [1.82, 2.24) is 25.2 Å². The van der Waals surface area contributed by atoms with Crippen molar-refractivity contribution in [3.8, 4) is 0 Å². The first-order chi connectivity index (χ1) is 13.0. The molecular formula is C19H20BrN5O2. The molecule has 7 nitrogen and oxygen atoms in total. The van der Waals surface area contributed by atoms with Crippen molar-refractivity contribution in [2.24, 2.45) is 5.92 Å². The predicted molar refractivity (Wildman–Crippen MR) is 105 cm³/mol. The molecule has 0 bridgehead atoms. The van der Waals surface area contributed by atoms with Gasteiger partial charge in [0.15, 0.2) is 11.5 Å². The molecule has 140 valence electrons. The first-order valence-corrected chi connectivity index (χ1v) is 9.38. The first kappa shape index (κ1) is 19.0. The van der Waals surface area contributed by atoms with Gasteiger partial charge in [-0.2, -0.15) is 0 Å². The monoisotopic (exact) mass is 429 g/mol. The molecule has 0 unspecified atom stereocenters. The molecule has 0 fully saturated rings. The maximum atomic E-state index is 12.7. The summed E-state index contributed by atoms with van der Waals surface area (Å²) in [4.78, 5) is 25.2. The highest BCUT2D eigenvalue weighted by Crippen LogP contribution is 2.16. The number of nitrogens with zero attached hydrogens (tertiary/aromatic N) is 3. The van der Waals surface area contributed by atoms with Gasteiger partial charge in [-0.1, -0.05) is 32.0 Å². The molecule has 0 saturated heterocycles. The summed E-state index contributed by atoms with van der Waals surface area (Å²) in [5.41, 5.74) is 1.20. The van der Waals surface area contributed by atoms with E-state index in [-0.39, 0.29) is 24.3 Å². The lowest BCUT2D eigenvalue weighted by Gasteiger charge is -2.22. The number of nitrogens with one attached hydrogen (secondary N) is 2. The Morgan fingerprint density at radius 1 is 1.11 bits per heavy atom. The highest BCUT2D eigenvalue weighted by molar-refractivity contribution is 9.10. The van der Waals surface area contributed by atoms with Crippen LogP contribution in [-0.2, 0) is 11.3 Å². The Bertz CT molecular complexity index is 969. The van der Waals surface area contributed by atoms with Crippen molar-refractivity contribution < 1.29 is 9.59 Å². The number of amides is 2. The van der Waals surface area contributed by atoms with Crippen LogP contribution in [0.1, 0.15) is 30.0 Å². The number of carbonyl (C=O) groups is 2. The summed E-state index contributed by atoms with van der Waals surface area (Å²) in [5, 5.41) is 13.8. The van der Waals surface area contributed by atoms with Gasteiger partial charge in [0.1, 0.15) is 6.04 Å². The zero-order valence-corrected chi connectivity index (χ0v) is 16.6. The molecule has 0 aliphatic heterocycles. The molecule has 0 aliphatic rings. The van der Waals surface area contributed by atoms with Gasteiger partial charge in [0.25, 0.3) is 5.91 Å². The van der Waals surface area contributed by atoms with E-state index in [0.29, 0.717) is 21.5 Å². The number of hydrogen-bond donors (Lipinski definition) is 2. The smallest absolute Gasteiger partial charge is 0.253 e. The van der Waals surface area contributed by atoms with E-state index < -0.39 is 6.04 Å². The summed E-state index contributed by atoms with van der Waals surface area (Å²) in [5.74, 6) is -0.0208. The molecule has 1 aromatic carbocycles. The number of aromatic nitrogens is 3. The number of halogens is 1. The van der Waals surface area contributed by atoms with Gasteiger partial charge in [-0.3, -0.25) is 14.0 Å². The van der Waals surface area contributed by atoms with E-state index in [1.165, 1.54) is 0 Å². The molecule has 3 aromatic rings. The highest BCUT2D eigenvalue weighted by atomic mass is 79.9. The van der Waals surface area contributed by atoms with E-state index in [0.717, 1.165) is 0 Å². The summed E-state index contributed by atoms with van der Waals surface area (Å²) in [7, 11) is 0. The third-order valence-corrected chi connectivity index (χ3v) is 4.85. The van der Waals surface area contributed by atoms with Gasteiger partial charge in [0.05, 0.1) is 12.1 Å². The van der Waals surface area contributed by atoms with Crippen LogP contribution in [0.15, 0.2) is 53.1 Å². The van der Waals surface area contributed by atoms with Crippen LogP contribution in [-0.4, -0.2) is 32.5 Å². The number of fused-ring (bicyclic) bond motifs is 1. The fourth-order valence-electron chi connectivity index (χ4n) is 2.69. The molecule has 3 rings (SSSR count). The molecule has 27 heavy (non-hydrogen) atoms. The van der Waals surface area contributed by atoms with E-state index in [1.807, 2.05) is 48.7 Å². The number of rotatable bonds is 6. The van der Waals surface area contributed by atoms with Gasteiger partial charge in [-0.15, -0.1) is 10.2 Å². The van der Waals surface area contributed by atoms with Crippen molar-refractivity contribution in [3.63, 3.8) is 0 Å². The maximum absolute atomic E-state index is 12.7. The van der Waals surface area contributed by atoms with E-state index in [1.54, 1.807) is 18.2 Å².